The van der Waals surface area contributed by atoms with Gasteiger partial charge < -0.3 is 4.74 Å². The van der Waals surface area contributed by atoms with E-state index in [0.717, 1.165) is 38.9 Å². The van der Waals surface area contributed by atoms with Crippen LogP contribution in [0.25, 0.3) is 10.9 Å². The lowest BCUT2D eigenvalue weighted by molar-refractivity contribution is 0.0949. The van der Waals surface area contributed by atoms with Crippen molar-refractivity contribution in [3.8, 4) is 5.75 Å². The van der Waals surface area contributed by atoms with E-state index in [2.05, 4.69) is 27.4 Å². The molecule has 1 aromatic heterocycles. The predicted octanol–water partition coefficient (Wildman–Crippen LogP) is 3.71. The van der Waals surface area contributed by atoms with Gasteiger partial charge in [-0.2, -0.15) is 0 Å². The topological polar surface area (TPSA) is 54.5 Å². The minimum absolute atomic E-state index is 0.145. The first-order valence-corrected chi connectivity index (χ1v) is 8.75. The molecular weight excluding hydrogens is 382 g/mol. The molecule has 0 fully saturated rings. The van der Waals surface area contributed by atoms with Crippen LogP contribution in [0.3, 0.4) is 0 Å². The highest BCUT2D eigenvalue weighted by Crippen LogP contribution is 2.30. The molecule has 6 heteroatoms. The van der Waals surface area contributed by atoms with E-state index >= 15 is 0 Å². The van der Waals surface area contributed by atoms with Crippen LogP contribution in [0.2, 0.25) is 0 Å². The summed E-state index contributed by atoms with van der Waals surface area (Å²) in [5, 5.41) is 2.89. The summed E-state index contributed by atoms with van der Waals surface area (Å²) >= 11 is 3.38. The Hall–Kier alpha value is -2.60. The smallest absolute Gasteiger partial charge is 0.269 e. The second-order valence-electron chi connectivity index (χ2n) is 5.88. The van der Waals surface area contributed by atoms with E-state index in [1.165, 1.54) is 0 Å². The van der Waals surface area contributed by atoms with E-state index in [1.807, 2.05) is 35.3 Å². The second-order valence-corrected chi connectivity index (χ2v) is 6.79. The number of nitrogens with one attached hydrogen (secondary N) is 1. The van der Waals surface area contributed by atoms with Crippen molar-refractivity contribution < 1.29 is 9.53 Å². The van der Waals surface area contributed by atoms with Crippen molar-refractivity contribution in [1.82, 2.24) is 10.4 Å². The molecule has 0 saturated heterocycles. The Morgan fingerprint density at radius 1 is 1.20 bits per heavy atom. The van der Waals surface area contributed by atoms with Gasteiger partial charge in [-0.05, 0) is 54.4 Å². The van der Waals surface area contributed by atoms with Gasteiger partial charge in [-0.1, -0.05) is 15.9 Å². The minimum Gasteiger partial charge on any atom is -0.497 e. The number of hydrogen-bond acceptors (Lipinski definition) is 4. The molecule has 4 rings (SSSR count). The third-order valence-electron chi connectivity index (χ3n) is 4.28. The molecule has 1 N–H and O–H groups in total. The number of ether oxygens (including phenoxy) is 1. The number of carbonyl (C=O) groups excluding carboxylic acids is 1. The molecule has 126 valence electrons. The highest BCUT2D eigenvalue weighted by atomic mass is 79.9. The Kier molecular flexibility index (Phi) is 4.05. The Balaban J connectivity index is 1.63. The summed E-state index contributed by atoms with van der Waals surface area (Å²) in [5.41, 5.74) is 5.54. The van der Waals surface area contributed by atoms with E-state index in [-0.39, 0.29) is 5.91 Å². The molecule has 0 aliphatic carbocycles. The van der Waals surface area contributed by atoms with Gasteiger partial charge in [0.2, 0.25) is 0 Å². The Morgan fingerprint density at radius 3 is 2.76 bits per heavy atom. The molecule has 25 heavy (non-hydrogen) atoms. The van der Waals surface area contributed by atoms with Gasteiger partial charge in [0, 0.05) is 28.0 Å². The average molecular weight is 398 g/mol. The number of benzene rings is 2. The molecule has 0 bridgehead atoms. The van der Waals surface area contributed by atoms with Crippen LogP contribution < -0.4 is 15.2 Å². The second kappa shape index (κ2) is 6.37. The van der Waals surface area contributed by atoms with E-state index in [1.54, 1.807) is 19.2 Å². The Morgan fingerprint density at radius 2 is 2.00 bits per heavy atom. The van der Waals surface area contributed by atoms with Gasteiger partial charge in [0.25, 0.3) is 5.91 Å². The van der Waals surface area contributed by atoms with Crippen LogP contribution in [0.15, 0.2) is 53.0 Å². The normalized spacial score (nSPS) is 13.0. The number of rotatable bonds is 3. The SMILES string of the molecule is COc1ccc2cc3c(nc2c1)N(NC(=O)c1ccc(Br)cc1)CC3. The first-order valence-electron chi connectivity index (χ1n) is 7.96. The van der Waals surface area contributed by atoms with E-state index < -0.39 is 0 Å². The number of hydrogen-bond donors (Lipinski definition) is 1. The summed E-state index contributed by atoms with van der Waals surface area (Å²) in [6.07, 6.45) is 0.852. The van der Waals surface area contributed by atoms with Crippen LogP contribution in [0.5, 0.6) is 5.75 Å². The largest absolute Gasteiger partial charge is 0.497 e. The molecule has 2 aromatic carbocycles. The van der Waals surface area contributed by atoms with Gasteiger partial charge >= 0.3 is 0 Å². The molecule has 1 amide bonds. The zero-order valence-electron chi connectivity index (χ0n) is 13.6. The lowest BCUT2D eigenvalue weighted by Gasteiger charge is -2.19. The number of halogens is 1. The van der Waals surface area contributed by atoms with E-state index in [4.69, 9.17) is 9.72 Å². The van der Waals surface area contributed by atoms with Crippen molar-refractivity contribution >= 4 is 38.6 Å². The van der Waals surface area contributed by atoms with Gasteiger partial charge in [0.15, 0.2) is 5.82 Å². The molecule has 0 spiro atoms. The minimum atomic E-state index is -0.145. The lowest BCUT2D eigenvalue weighted by Crippen LogP contribution is -2.41. The van der Waals surface area contributed by atoms with Crippen LogP contribution in [-0.4, -0.2) is 24.5 Å². The van der Waals surface area contributed by atoms with Gasteiger partial charge in [0.1, 0.15) is 5.75 Å². The lowest BCUT2D eigenvalue weighted by atomic mass is 10.1. The summed E-state index contributed by atoms with van der Waals surface area (Å²) in [7, 11) is 1.64. The summed E-state index contributed by atoms with van der Waals surface area (Å²) in [6.45, 7) is 0.706. The van der Waals surface area contributed by atoms with Crippen LogP contribution >= 0.6 is 15.9 Å². The number of pyridine rings is 1. The highest BCUT2D eigenvalue weighted by molar-refractivity contribution is 9.10. The Labute approximate surface area is 153 Å². The fourth-order valence-corrected chi connectivity index (χ4v) is 3.22. The monoisotopic (exact) mass is 397 g/mol. The number of nitrogens with zero attached hydrogens (tertiary/aromatic N) is 2. The molecule has 3 aromatic rings. The molecule has 1 aliphatic heterocycles. The van der Waals surface area contributed by atoms with E-state index in [9.17, 15) is 4.79 Å². The number of aromatic nitrogens is 1. The van der Waals surface area contributed by atoms with Crippen molar-refractivity contribution in [2.75, 3.05) is 18.7 Å². The number of amides is 1. The number of carbonyl (C=O) groups is 1. The molecule has 1 aliphatic rings. The van der Waals surface area contributed by atoms with Crippen LogP contribution in [0, 0.1) is 0 Å². The third kappa shape index (κ3) is 3.05. The van der Waals surface area contributed by atoms with Crippen molar-refractivity contribution in [1.29, 1.82) is 0 Å². The molecule has 5 nitrogen and oxygen atoms in total. The number of fused-ring (bicyclic) bond motifs is 2. The maximum Gasteiger partial charge on any atom is 0.269 e. The van der Waals surface area contributed by atoms with Crippen molar-refractivity contribution in [2.45, 2.75) is 6.42 Å². The molecular formula is C19H16BrN3O2. The molecule has 0 unspecified atom stereocenters. The summed E-state index contributed by atoms with van der Waals surface area (Å²) in [4.78, 5) is 17.2. The van der Waals surface area contributed by atoms with Gasteiger partial charge in [0.05, 0.1) is 12.6 Å². The Bertz CT molecular complexity index is 957. The zero-order chi connectivity index (χ0) is 17.4. The maximum atomic E-state index is 12.5. The van der Waals surface area contributed by atoms with Gasteiger partial charge in [-0.3, -0.25) is 15.2 Å². The number of methoxy groups -OCH3 is 1. The van der Waals surface area contributed by atoms with Crippen LogP contribution in [0.4, 0.5) is 5.82 Å². The third-order valence-corrected chi connectivity index (χ3v) is 4.81. The number of hydrazine groups is 1. The average Bonchev–Trinajstić information content (AvgIpc) is 3.01. The summed E-state index contributed by atoms with van der Waals surface area (Å²) in [6, 6.07) is 15.2. The van der Waals surface area contributed by atoms with Gasteiger partial charge in [-0.15, -0.1) is 0 Å². The first kappa shape index (κ1) is 15.9. The summed E-state index contributed by atoms with van der Waals surface area (Å²) in [5.74, 6) is 1.42. The predicted molar refractivity (Wildman–Crippen MR) is 101 cm³/mol. The molecule has 0 atom stereocenters. The maximum absolute atomic E-state index is 12.5. The van der Waals surface area contributed by atoms with Crippen LogP contribution in [-0.2, 0) is 6.42 Å². The van der Waals surface area contributed by atoms with Crippen molar-refractivity contribution in [3.05, 3.63) is 64.1 Å². The van der Waals surface area contributed by atoms with E-state index in [0.29, 0.717) is 12.1 Å². The quantitative estimate of drug-likeness (QED) is 0.731. The van der Waals surface area contributed by atoms with Gasteiger partial charge in [-0.25, -0.2) is 4.98 Å². The van der Waals surface area contributed by atoms with Crippen molar-refractivity contribution in [2.24, 2.45) is 0 Å². The molecule has 0 saturated carbocycles. The molecule has 2 heterocycles. The molecule has 0 radical (unpaired) electrons. The fraction of sp³-hybridized carbons (Fsp3) is 0.158. The fourth-order valence-electron chi connectivity index (χ4n) is 2.96. The van der Waals surface area contributed by atoms with Crippen molar-refractivity contribution in [3.63, 3.8) is 0 Å². The number of anilines is 1. The van der Waals surface area contributed by atoms with Crippen LogP contribution in [0.1, 0.15) is 15.9 Å². The summed E-state index contributed by atoms with van der Waals surface area (Å²) < 4.78 is 6.22. The first-order chi connectivity index (χ1) is 12.1. The standard InChI is InChI=1S/C19H16BrN3O2/c1-25-16-7-4-13-10-14-8-9-23(18(14)21-17(13)11-16)22-19(24)12-2-5-15(20)6-3-12/h2-7,10-11H,8-9H2,1H3,(H,22,24). The zero-order valence-corrected chi connectivity index (χ0v) is 15.2. The highest BCUT2D eigenvalue weighted by Gasteiger charge is 2.23.